The first kappa shape index (κ1) is 17.8. The zero-order valence-corrected chi connectivity index (χ0v) is 10.6. The highest BCUT2D eigenvalue weighted by Crippen LogP contribution is 2.54. The topological polar surface area (TPSA) is 193 Å². The first-order valence-electron chi connectivity index (χ1n) is 4.49. The van der Waals surface area contributed by atoms with Gasteiger partial charge in [0.25, 0.3) is 0 Å². The van der Waals surface area contributed by atoms with E-state index in [1.807, 2.05) is 0 Å². The number of hydrogen-bond acceptors (Lipinski definition) is 6. The van der Waals surface area contributed by atoms with Crippen LogP contribution in [-0.2, 0) is 13.9 Å². The second-order valence-corrected chi connectivity index (χ2v) is 7.08. The van der Waals surface area contributed by atoms with Gasteiger partial charge in [0.05, 0.1) is 12.7 Å². The van der Waals surface area contributed by atoms with E-state index < -0.39 is 51.6 Å². The normalized spacial score (nSPS) is 19.9. The number of aliphatic hydroxyl groups is 3. The molecule has 0 saturated carbocycles. The summed E-state index contributed by atoms with van der Waals surface area (Å²) in [4.78, 5) is 46.0. The van der Waals surface area contributed by atoms with Gasteiger partial charge in [-0.2, -0.15) is 0 Å². The van der Waals surface area contributed by atoms with Crippen molar-refractivity contribution in [3.05, 3.63) is 0 Å². The van der Waals surface area contributed by atoms with Crippen molar-refractivity contribution in [1.29, 1.82) is 0 Å². The average molecular weight is 308 g/mol. The molecule has 0 heterocycles. The van der Waals surface area contributed by atoms with Crippen LogP contribution < -0.4 is 0 Å². The van der Waals surface area contributed by atoms with E-state index in [0.29, 0.717) is 0 Å². The van der Waals surface area contributed by atoms with Crippen molar-refractivity contribution < 1.29 is 48.8 Å². The number of aliphatic hydroxyl groups excluding tert-OH is 3. The van der Waals surface area contributed by atoms with Crippen LogP contribution in [0.5, 0.6) is 0 Å². The van der Waals surface area contributed by atoms with E-state index in [9.17, 15) is 19.0 Å². The predicted molar refractivity (Wildman–Crippen MR) is 56.8 cm³/mol. The highest BCUT2D eigenvalue weighted by Gasteiger charge is 2.51. The van der Waals surface area contributed by atoms with Crippen LogP contribution in [0, 0.1) is 0 Å². The lowest BCUT2D eigenvalue weighted by molar-refractivity contribution is -0.109. The van der Waals surface area contributed by atoms with Gasteiger partial charge in [-0.05, 0) is 0 Å². The molecule has 0 aliphatic carbocycles. The number of hydrogen-bond donors (Lipinski definition) is 7. The summed E-state index contributed by atoms with van der Waals surface area (Å²) < 4.78 is 22.0. The van der Waals surface area contributed by atoms with Crippen molar-refractivity contribution >= 4 is 21.5 Å². The van der Waals surface area contributed by atoms with Gasteiger partial charge in [-0.3, -0.25) is 9.13 Å². The van der Waals surface area contributed by atoms with Crippen molar-refractivity contribution in [3.63, 3.8) is 0 Å². The zero-order valence-electron chi connectivity index (χ0n) is 8.84. The highest BCUT2D eigenvalue weighted by atomic mass is 31.2. The molecule has 18 heavy (non-hydrogen) atoms. The summed E-state index contributed by atoms with van der Waals surface area (Å²) >= 11 is 0. The smallest absolute Gasteiger partial charge is 0.336 e. The van der Waals surface area contributed by atoms with Crippen molar-refractivity contribution in [1.82, 2.24) is 0 Å². The average Bonchev–Trinajstić information content (AvgIpc) is 2.19. The van der Waals surface area contributed by atoms with Crippen molar-refractivity contribution in [2.45, 2.75) is 23.5 Å². The molecule has 0 aromatic rings. The Hall–Kier alpha value is -0.150. The number of rotatable bonds is 7. The number of carbonyl (C=O) groups is 1. The SMILES string of the molecule is O=CC(C(C(O)C(O)CO)P(=O)(O)O)P(=O)(O)O. The molecule has 0 rings (SSSR count). The van der Waals surface area contributed by atoms with Crippen molar-refractivity contribution in [2.75, 3.05) is 6.61 Å². The summed E-state index contributed by atoms with van der Waals surface area (Å²) in [7, 11) is -10.6. The Morgan fingerprint density at radius 2 is 1.44 bits per heavy atom. The van der Waals surface area contributed by atoms with Gasteiger partial charge >= 0.3 is 15.2 Å². The van der Waals surface area contributed by atoms with Gasteiger partial charge in [0.15, 0.2) is 0 Å². The molecule has 108 valence electrons. The van der Waals surface area contributed by atoms with E-state index >= 15 is 0 Å². The third-order valence-corrected chi connectivity index (χ3v) is 5.06. The van der Waals surface area contributed by atoms with E-state index in [-0.39, 0.29) is 0 Å². The molecule has 0 spiro atoms. The Morgan fingerprint density at radius 3 is 1.67 bits per heavy atom. The fourth-order valence-electron chi connectivity index (χ4n) is 1.29. The van der Waals surface area contributed by atoms with Crippen molar-refractivity contribution in [3.8, 4) is 0 Å². The molecule has 7 N–H and O–H groups in total. The molecule has 0 aromatic carbocycles. The molecule has 0 radical (unpaired) electrons. The highest BCUT2D eigenvalue weighted by molar-refractivity contribution is 7.58. The lowest BCUT2D eigenvalue weighted by atomic mass is 10.1. The largest absolute Gasteiger partial charge is 0.394 e. The molecule has 12 heteroatoms. The Bertz CT molecular complexity index is 371. The van der Waals surface area contributed by atoms with Gasteiger partial charge in [-0.15, -0.1) is 0 Å². The molecule has 10 nitrogen and oxygen atoms in total. The number of aldehydes is 1. The first-order valence-corrected chi connectivity index (χ1v) is 7.85. The van der Waals surface area contributed by atoms with Gasteiger partial charge in [0.2, 0.25) is 0 Å². The number of carbonyl (C=O) groups excluding carboxylic acids is 1. The van der Waals surface area contributed by atoms with Crippen molar-refractivity contribution in [2.24, 2.45) is 0 Å². The van der Waals surface area contributed by atoms with Crippen LogP contribution in [0.15, 0.2) is 0 Å². The monoisotopic (exact) mass is 308 g/mol. The third-order valence-electron chi connectivity index (χ3n) is 2.20. The minimum absolute atomic E-state index is 0.405. The fourth-order valence-corrected chi connectivity index (χ4v) is 4.13. The Labute approximate surface area is 101 Å². The molecule has 0 bridgehead atoms. The fraction of sp³-hybridized carbons (Fsp3) is 0.833. The molecule has 4 atom stereocenters. The standard InChI is InChI=1S/C6H14O10P2/c7-1-3(9)5(10)6(18(14,15)16)4(2-8)17(11,12)13/h2-7,9-10H,1H2,(H2,11,12,13)(H2,14,15,16). The minimum atomic E-state index is -5.31. The maximum Gasteiger partial charge on any atom is 0.336 e. The maximum absolute atomic E-state index is 11.1. The van der Waals surface area contributed by atoms with Gasteiger partial charge in [-0.25, -0.2) is 0 Å². The van der Waals surface area contributed by atoms with Crippen LogP contribution in [0.2, 0.25) is 0 Å². The summed E-state index contributed by atoms with van der Waals surface area (Å²) in [5, 5.41) is 27.0. The van der Waals surface area contributed by atoms with Crippen LogP contribution in [0.3, 0.4) is 0 Å². The van der Waals surface area contributed by atoms with E-state index in [2.05, 4.69) is 0 Å². The van der Waals surface area contributed by atoms with Crippen LogP contribution in [0.4, 0.5) is 0 Å². The molecule has 0 aliphatic rings. The van der Waals surface area contributed by atoms with Gasteiger partial charge < -0.3 is 39.7 Å². The molecular formula is C6H14O10P2. The lowest BCUT2D eigenvalue weighted by Gasteiger charge is -2.30. The van der Waals surface area contributed by atoms with E-state index in [0.717, 1.165) is 0 Å². The predicted octanol–water partition coefficient (Wildman–Crippen LogP) is -3.01. The molecular weight excluding hydrogens is 294 g/mol. The molecule has 0 fully saturated rings. The van der Waals surface area contributed by atoms with Crippen LogP contribution >= 0.6 is 15.2 Å². The van der Waals surface area contributed by atoms with Gasteiger partial charge in [-0.1, -0.05) is 0 Å². The molecule has 0 aromatic heterocycles. The van der Waals surface area contributed by atoms with Gasteiger partial charge in [0, 0.05) is 0 Å². The second-order valence-electron chi connectivity index (χ2n) is 3.54. The summed E-state index contributed by atoms with van der Waals surface area (Å²) in [6.07, 6.45) is -4.84. The van der Waals surface area contributed by atoms with Gasteiger partial charge in [0.1, 0.15) is 23.7 Å². The minimum Gasteiger partial charge on any atom is -0.394 e. The Morgan fingerprint density at radius 1 is 1.00 bits per heavy atom. The Balaban J connectivity index is 5.57. The second kappa shape index (κ2) is 6.33. The summed E-state index contributed by atoms with van der Waals surface area (Å²) in [6, 6.07) is 0. The zero-order chi connectivity index (χ0) is 14.7. The lowest BCUT2D eigenvalue weighted by Crippen LogP contribution is -2.46. The molecule has 0 saturated heterocycles. The quantitative estimate of drug-likeness (QED) is 0.188. The summed E-state index contributed by atoms with van der Waals surface area (Å²) in [5.41, 5.74) is -5.01. The molecule has 4 unspecified atom stereocenters. The molecule has 0 aliphatic heterocycles. The molecule has 0 amide bonds. The Kier molecular flexibility index (Phi) is 6.28. The van der Waals surface area contributed by atoms with Crippen LogP contribution in [-0.4, -0.2) is 71.3 Å². The van der Waals surface area contributed by atoms with E-state index in [4.69, 9.17) is 29.8 Å². The third kappa shape index (κ3) is 4.51. The maximum atomic E-state index is 11.1. The first-order chi connectivity index (χ1) is 7.96. The van der Waals surface area contributed by atoms with E-state index in [1.54, 1.807) is 0 Å². The van der Waals surface area contributed by atoms with Crippen LogP contribution in [0.1, 0.15) is 0 Å². The summed E-state index contributed by atoms with van der Waals surface area (Å²) in [6.45, 7) is -1.11. The summed E-state index contributed by atoms with van der Waals surface area (Å²) in [5.74, 6) is 0. The van der Waals surface area contributed by atoms with Crippen LogP contribution in [0.25, 0.3) is 0 Å². The van der Waals surface area contributed by atoms with E-state index in [1.165, 1.54) is 0 Å².